The number of carbonyl (C=O) groups excluding carboxylic acids is 1. The normalized spacial score (nSPS) is 18.1. The van der Waals surface area contributed by atoms with E-state index < -0.39 is 23.1 Å². The van der Waals surface area contributed by atoms with Crippen LogP contribution in [0.5, 0.6) is 5.75 Å². The maximum Gasteiger partial charge on any atom is 0.417 e. The van der Waals surface area contributed by atoms with Crippen LogP contribution in [0.15, 0.2) is 51.7 Å². The van der Waals surface area contributed by atoms with Gasteiger partial charge in [-0.3, -0.25) is 0 Å². The molecular formula is C27H28ClF3N2O5. The molecule has 2 amide bonds. The zero-order valence-corrected chi connectivity index (χ0v) is 21.7. The zero-order valence-electron chi connectivity index (χ0n) is 21.0. The third-order valence-corrected chi connectivity index (χ3v) is 6.65. The van der Waals surface area contributed by atoms with E-state index in [1.54, 1.807) is 36.1 Å². The number of benzene rings is 2. The van der Waals surface area contributed by atoms with Gasteiger partial charge in [0.1, 0.15) is 18.1 Å². The number of carbonyl (C=O) groups is 1. The third-order valence-electron chi connectivity index (χ3n) is 6.39. The summed E-state index contributed by atoms with van der Waals surface area (Å²) in [4.78, 5) is 26.1. The number of nitrogens with one attached hydrogen (secondary N) is 1. The molecule has 38 heavy (non-hydrogen) atoms. The van der Waals surface area contributed by atoms with Crippen LogP contribution in [0.4, 0.5) is 18.0 Å². The second-order valence-corrected chi connectivity index (χ2v) is 9.64. The highest BCUT2D eigenvalue weighted by Crippen LogP contribution is 2.37. The Morgan fingerprint density at radius 1 is 1.13 bits per heavy atom. The Morgan fingerprint density at radius 2 is 1.87 bits per heavy atom. The predicted octanol–water partition coefficient (Wildman–Crippen LogP) is 6.45. The molecule has 0 saturated carbocycles. The fourth-order valence-corrected chi connectivity index (χ4v) is 4.51. The molecule has 7 nitrogen and oxygen atoms in total. The molecule has 1 unspecified atom stereocenters. The number of hydrogen-bond donors (Lipinski definition) is 1. The van der Waals surface area contributed by atoms with E-state index in [1.807, 2.05) is 6.92 Å². The Labute approximate surface area is 222 Å². The van der Waals surface area contributed by atoms with Gasteiger partial charge in [-0.15, -0.1) is 0 Å². The van der Waals surface area contributed by atoms with Gasteiger partial charge in [0.2, 0.25) is 0 Å². The number of fused-ring (bicyclic) bond motifs is 1. The first-order valence-corrected chi connectivity index (χ1v) is 12.7. The van der Waals surface area contributed by atoms with Crippen molar-refractivity contribution in [2.24, 2.45) is 0 Å². The molecule has 4 rings (SSSR count). The molecule has 1 atom stereocenters. The van der Waals surface area contributed by atoms with Gasteiger partial charge in [0.25, 0.3) is 0 Å². The molecule has 0 bridgehead atoms. The molecular weight excluding hydrogens is 525 g/mol. The van der Waals surface area contributed by atoms with Crippen molar-refractivity contribution in [2.45, 2.75) is 51.4 Å². The second-order valence-electron chi connectivity index (χ2n) is 9.21. The van der Waals surface area contributed by atoms with Crippen LogP contribution in [0.2, 0.25) is 5.02 Å². The highest BCUT2D eigenvalue weighted by molar-refractivity contribution is 6.30. The summed E-state index contributed by atoms with van der Waals surface area (Å²) < 4.78 is 57.4. The molecule has 1 saturated heterocycles. The zero-order chi connectivity index (χ0) is 27.5. The summed E-state index contributed by atoms with van der Waals surface area (Å²) in [5.41, 5.74) is -1.95. The molecule has 0 aliphatic carbocycles. The van der Waals surface area contributed by atoms with Crippen molar-refractivity contribution < 1.29 is 31.9 Å². The quantitative estimate of drug-likeness (QED) is 0.244. The topological polar surface area (TPSA) is 81.0 Å². The van der Waals surface area contributed by atoms with Crippen LogP contribution in [0.3, 0.4) is 0 Å². The first-order valence-electron chi connectivity index (χ1n) is 12.3. The Bertz CT molecular complexity index is 1360. The van der Waals surface area contributed by atoms with Gasteiger partial charge in [-0.05, 0) is 50.5 Å². The number of alkyl halides is 3. The number of halogens is 4. The number of rotatable bonds is 9. The van der Waals surface area contributed by atoms with Crippen molar-refractivity contribution in [1.82, 2.24) is 10.2 Å². The Kier molecular flexibility index (Phi) is 8.22. The number of hydrogen-bond acceptors (Lipinski definition) is 5. The van der Waals surface area contributed by atoms with Crippen LogP contribution in [0.1, 0.15) is 49.8 Å². The molecule has 1 aliphatic heterocycles. The van der Waals surface area contributed by atoms with Gasteiger partial charge in [0.05, 0.1) is 12.2 Å². The van der Waals surface area contributed by atoms with Crippen molar-refractivity contribution in [3.05, 3.63) is 74.6 Å². The van der Waals surface area contributed by atoms with Crippen LogP contribution in [0.25, 0.3) is 11.0 Å². The summed E-state index contributed by atoms with van der Waals surface area (Å²) in [7, 11) is 0. The summed E-state index contributed by atoms with van der Waals surface area (Å²) in [6, 6.07) is 10.0. The van der Waals surface area contributed by atoms with Crippen LogP contribution >= 0.6 is 11.6 Å². The fraction of sp³-hybridized carbons (Fsp3) is 0.407. The van der Waals surface area contributed by atoms with Gasteiger partial charge in [0, 0.05) is 34.1 Å². The number of unbranched alkanes of at least 4 members (excludes halogenated alkanes) is 1. The maximum atomic E-state index is 13.5. The Hall–Kier alpha value is -3.24. The Balaban J connectivity index is 1.35. The van der Waals surface area contributed by atoms with Crippen LogP contribution in [-0.4, -0.2) is 30.8 Å². The minimum absolute atomic E-state index is 0.102. The van der Waals surface area contributed by atoms with Gasteiger partial charge in [0.15, 0.2) is 5.72 Å². The molecule has 1 aliphatic rings. The minimum Gasteiger partial charge on any atom is -0.493 e. The lowest BCUT2D eigenvalue weighted by molar-refractivity contribution is -0.136. The fourth-order valence-electron chi connectivity index (χ4n) is 4.38. The lowest BCUT2D eigenvalue weighted by Crippen LogP contribution is -2.58. The van der Waals surface area contributed by atoms with Crippen LogP contribution in [0, 0.1) is 0 Å². The standard InChI is InChI=1S/C27H28ClF3N2O5/c1-3-6-20-22(12-11-19-21(27(29,30)31)15-23(34)38-24(19)20)36-14-5-4-13-33-16-37-26(2,32-25(33)35)17-7-9-18(28)10-8-17/h7-12,15H,3-6,13-14,16H2,1-2H3,(H,32,35). The van der Waals surface area contributed by atoms with Gasteiger partial charge >= 0.3 is 17.8 Å². The SMILES string of the molecule is CCCc1c(OCCCCN2COC(C)(c3ccc(Cl)cc3)NC2=O)ccc2c(C(F)(F)F)cc(=O)oc12. The number of urea groups is 1. The summed E-state index contributed by atoms with van der Waals surface area (Å²) in [5, 5.41) is 3.29. The molecule has 0 radical (unpaired) electrons. The van der Waals surface area contributed by atoms with E-state index in [1.165, 1.54) is 12.1 Å². The van der Waals surface area contributed by atoms with Gasteiger partial charge in [-0.25, -0.2) is 9.59 Å². The number of aryl methyl sites for hydroxylation is 1. The highest BCUT2D eigenvalue weighted by atomic mass is 35.5. The van der Waals surface area contributed by atoms with Gasteiger partial charge in [-0.1, -0.05) is 37.1 Å². The van der Waals surface area contributed by atoms with Gasteiger partial charge in [-0.2, -0.15) is 13.2 Å². The van der Waals surface area contributed by atoms with E-state index in [-0.39, 0.29) is 30.3 Å². The molecule has 3 aromatic rings. The van der Waals surface area contributed by atoms with E-state index in [9.17, 15) is 22.8 Å². The summed E-state index contributed by atoms with van der Waals surface area (Å²) in [6.45, 7) is 4.45. The van der Waals surface area contributed by atoms with Crippen molar-refractivity contribution in [3.63, 3.8) is 0 Å². The molecule has 2 heterocycles. The number of amides is 2. The predicted molar refractivity (Wildman–Crippen MR) is 136 cm³/mol. The van der Waals surface area contributed by atoms with E-state index in [0.29, 0.717) is 54.6 Å². The lowest BCUT2D eigenvalue weighted by Gasteiger charge is -2.40. The first-order chi connectivity index (χ1) is 18.0. The first kappa shape index (κ1) is 27.8. The van der Waals surface area contributed by atoms with E-state index in [4.69, 9.17) is 25.5 Å². The number of nitrogens with zero attached hydrogens (tertiary/aromatic N) is 1. The molecule has 11 heteroatoms. The van der Waals surface area contributed by atoms with Crippen molar-refractivity contribution in [1.29, 1.82) is 0 Å². The summed E-state index contributed by atoms with van der Waals surface area (Å²) in [5.74, 6) is 0.375. The highest BCUT2D eigenvalue weighted by Gasteiger charge is 2.37. The molecule has 204 valence electrons. The van der Waals surface area contributed by atoms with E-state index in [0.717, 1.165) is 5.56 Å². The van der Waals surface area contributed by atoms with Crippen molar-refractivity contribution >= 4 is 28.6 Å². The van der Waals surface area contributed by atoms with E-state index >= 15 is 0 Å². The minimum atomic E-state index is -4.68. The van der Waals surface area contributed by atoms with Gasteiger partial charge < -0.3 is 24.1 Å². The van der Waals surface area contributed by atoms with E-state index in [2.05, 4.69) is 5.32 Å². The average Bonchev–Trinajstić information content (AvgIpc) is 2.85. The molecule has 1 N–H and O–H groups in total. The summed E-state index contributed by atoms with van der Waals surface area (Å²) in [6.07, 6.45) is -2.49. The van der Waals surface area contributed by atoms with Crippen molar-refractivity contribution in [3.8, 4) is 5.75 Å². The largest absolute Gasteiger partial charge is 0.493 e. The lowest BCUT2D eigenvalue weighted by atomic mass is 10.0. The van der Waals surface area contributed by atoms with Crippen LogP contribution in [-0.2, 0) is 23.1 Å². The smallest absolute Gasteiger partial charge is 0.417 e. The van der Waals surface area contributed by atoms with Crippen molar-refractivity contribution in [2.75, 3.05) is 19.9 Å². The number of ether oxygens (including phenoxy) is 2. The molecule has 1 aromatic heterocycles. The molecule has 1 fully saturated rings. The summed E-state index contributed by atoms with van der Waals surface area (Å²) >= 11 is 5.94. The second kappa shape index (κ2) is 11.2. The van der Waals surface area contributed by atoms with Crippen LogP contribution < -0.4 is 15.7 Å². The molecule has 0 spiro atoms. The monoisotopic (exact) mass is 552 g/mol. The molecule has 2 aromatic carbocycles. The Morgan fingerprint density at radius 3 is 2.53 bits per heavy atom. The third kappa shape index (κ3) is 6.07. The average molecular weight is 553 g/mol. The maximum absolute atomic E-state index is 13.5.